The van der Waals surface area contributed by atoms with Gasteiger partial charge in [-0.2, -0.15) is 9.71 Å². The number of ether oxygens (including phenoxy) is 1. The van der Waals surface area contributed by atoms with Gasteiger partial charge in [-0.15, -0.1) is 0 Å². The van der Waals surface area contributed by atoms with Crippen molar-refractivity contribution in [3.8, 4) is 6.01 Å². The number of aryl methyl sites for hydroxylation is 1. The summed E-state index contributed by atoms with van der Waals surface area (Å²) in [5.41, 5.74) is 0.0764. The minimum Gasteiger partial charge on any atom is -0.619 e. The van der Waals surface area contributed by atoms with E-state index in [1.54, 1.807) is 12.1 Å². The highest BCUT2D eigenvalue weighted by atomic mass is 16.5. The zero-order chi connectivity index (χ0) is 16.4. The van der Waals surface area contributed by atoms with Crippen molar-refractivity contribution in [3.05, 3.63) is 67.7 Å². The summed E-state index contributed by atoms with van der Waals surface area (Å²) < 4.78 is 11.0. The van der Waals surface area contributed by atoms with E-state index >= 15 is 0 Å². The van der Waals surface area contributed by atoms with E-state index in [4.69, 9.17) is 9.15 Å². The number of aromatic nitrogens is 3. The van der Waals surface area contributed by atoms with Crippen LogP contribution in [0.1, 0.15) is 18.1 Å². The summed E-state index contributed by atoms with van der Waals surface area (Å²) in [7, 11) is 0. The first kappa shape index (κ1) is 14.8. The molecule has 0 unspecified atom stereocenters. The molecule has 0 aliphatic carbocycles. The molecular weight excluding hydrogens is 302 g/mol. The monoisotopic (exact) mass is 315 g/mol. The fourth-order valence-electron chi connectivity index (χ4n) is 2.21. The Hall–Kier alpha value is -3.16. The molecule has 0 fully saturated rings. The minimum absolute atomic E-state index is 0.0369. The van der Waals surface area contributed by atoms with Gasteiger partial charge in [-0.05, 0) is 18.1 Å². The summed E-state index contributed by atoms with van der Waals surface area (Å²) in [6, 6.07) is 4.47. The van der Waals surface area contributed by atoms with Crippen LogP contribution in [0.5, 0.6) is 6.01 Å². The summed E-state index contributed by atoms with van der Waals surface area (Å²) >= 11 is 0. The number of hydrogen-bond donors (Lipinski definition) is 1. The molecule has 1 N–H and O–H groups in total. The fourth-order valence-corrected chi connectivity index (χ4v) is 2.21. The van der Waals surface area contributed by atoms with Gasteiger partial charge >= 0.3 is 5.63 Å². The number of rotatable bonds is 4. The summed E-state index contributed by atoms with van der Waals surface area (Å²) in [6.07, 6.45) is 3.19. The van der Waals surface area contributed by atoms with E-state index < -0.39 is 11.2 Å². The molecule has 0 aliphatic rings. The van der Waals surface area contributed by atoms with Crippen molar-refractivity contribution in [3.63, 3.8) is 0 Å². The maximum atomic E-state index is 12.2. The second-order valence-electron chi connectivity index (χ2n) is 4.86. The van der Waals surface area contributed by atoms with Crippen molar-refractivity contribution >= 4 is 11.1 Å². The molecule has 8 nitrogen and oxygen atoms in total. The van der Waals surface area contributed by atoms with E-state index in [9.17, 15) is 14.8 Å². The Balaban J connectivity index is 1.96. The van der Waals surface area contributed by atoms with Crippen LogP contribution < -0.4 is 20.7 Å². The third kappa shape index (κ3) is 3.05. The topological polar surface area (TPSA) is 112 Å². The van der Waals surface area contributed by atoms with Gasteiger partial charge in [0.1, 0.15) is 12.0 Å². The van der Waals surface area contributed by atoms with Gasteiger partial charge in [-0.25, -0.2) is 4.79 Å². The van der Waals surface area contributed by atoms with Crippen molar-refractivity contribution in [2.75, 3.05) is 0 Å². The summed E-state index contributed by atoms with van der Waals surface area (Å²) in [4.78, 5) is 30.2. The van der Waals surface area contributed by atoms with Gasteiger partial charge in [0.15, 0.2) is 12.4 Å². The van der Waals surface area contributed by atoms with Crippen LogP contribution in [-0.4, -0.2) is 9.97 Å². The van der Waals surface area contributed by atoms with E-state index in [2.05, 4.69) is 9.97 Å². The van der Waals surface area contributed by atoms with E-state index in [1.807, 2.05) is 6.92 Å². The van der Waals surface area contributed by atoms with Crippen LogP contribution in [0.2, 0.25) is 0 Å². The Bertz CT molecular complexity index is 977. The molecule has 0 amide bonds. The van der Waals surface area contributed by atoms with Gasteiger partial charge in [0.25, 0.3) is 11.6 Å². The van der Waals surface area contributed by atoms with Crippen molar-refractivity contribution in [1.29, 1.82) is 0 Å². The number of aromatic amines is 1. The van der Waals surface area contributed by atoms with E-state index in [0.717, 1.165) is 0 Å². The van der Waals surface area contributed by atoms with Crippen LogP contribution >= 0.6 is 0 Å². The molecular formula is C15H13N3O5. The van der Waals surface area contributed by atoms with Crippen LogP contribution in [0, 0.1) is 5.21 Å². The number of nitrogens with zero attached hydrogens (tertiary/aromatic N) is 2. The Morgan fingerprint density at radius 2 is 2.26 bits per heavy atom. The molecule has 0 bridgehead atoms. The van der Waals surface area contributed by atoms with Crippen molar-refractivity contribution < 1.29 is 13.9 Å². The lowest BCUT2D eigenvalue weighted by Crippen LogP contribution is -2.25. The predicted molar refractivity (Wildman–Crippen MR) is 80.0 cm³/mol. The lowest BCUT2D eigenvalue weighted by atomic mass is 10.1. The Kier molecular flexibility index (Phi) is 3.80. The van der Waals surface area contributed by atoms with Gasteiger partial charge in [0, 0.05) is 12.1 Å². The molecule has 3 heterocycles. The van der Waals surface area contributed by atoms with Crippen LogP contribution in [-0.2, 0) is 13.0 Å². The summed E-state index contributed by atoms with van der Waals surface area (Å²) in [5, 5.41) is 11.4. The second-order valence-corrected chi connectivity index (χ2v) is 4.86. The van der Waals surface area contributed by atoms with Gasteiger partial charge < -0.3 is 14.4 Å². The molecule has 0 saturated heterocycles. The molecule has 0 radical (unpaired) electrons. The highest BCUT2D eigenvalue weighted by molar-refractivity contribution is 5.75. The van der Waals surface area contributed by atoms with E-state index in [1.165, 1.54) is 18.5 Å². The van der Waals surface area contributed by atoms with E-state index in [-0.39, 0.29) is 23.7 Å². The Morgan fingerprint density at radius 1 is 1.43 bits per heavy atom. The number of H-pyrrole nitrogens is 1. The van der Waals surface area contributed by atoms with Gasteiger partial charge in [0.05, 0.1) is 5.56 Å². The lowest BCUT2D eigenvalue weighted by molar-refractivity contribution is -0.606. The van der Waals surface area contributed by atoms with Crippen LogP contribution in [0.3, 0.4) is 0 Å². The molecule has 0 spiro atoms. The third-order valence-electron chi connectivity index (χ3n) is 3.27. The maximum Gasteiger partial charge on any atom is 0.337 e. The van der Waals surface area contributed by atoms with Crippen LogP contribution in [0.4, 0.5) is 0 Å². The number of pyridine rings is 1. The third-order valence-corrected chi connectivity index (χ3v) is 3.27. The first-order chi connectivity index (χ1) is 11.1. The van der Waals surface area contributed by atoms with E-state index in [0.29, 0.717) is 22.3 Å². The number of nitrogens with one attached hydrogen (secondary N) is 1. The zero-order valence-electron chi connectivity index (χ0n) is 12.2. The van der Waals surface area contributed by atoms with Gasteiger partial charge in [0.2, 0.25) is 5.71 Å². The zero-order valence-corrected chi connectivity index (χ0v) is 12.2. The highest BCUT2D eigenvalue weighted by Gasteiger charge is 2.12. The first-order valence-corrected chi connectivity index (χ1v) is 6.94. The fraction of sp³-hybridized carbons (Fsp3) is 0.200. The quantitative estimate of drug-likeness (QED) is 0.559. The van der Waals surface area contributed by atoms with Crippen molar-refractivity contribution in [2.24, 2.45) is 0 Å². The Labute approximate surface area is 129 Å². The molecule has 0 saturated carbocycles. The molecule has 0 aliphatic heterocycles. The standard InChI is InChI=1S/C15H13N3O5/c1-2-10-6-11(19)23-14-12(10)13(20)16-15(17-14)22-8-9-4-3-5-18(21)7-9/h3-7H,2,8H2,1H3,(H,16,17,20). The molecule has 23 heavy (non-hydrogen) atoms. The Morgan fingerprint density at radius 3 is 3.00 bits per heavy atom. The molecule has 8 heteroatoms. The number of fused-ring (bicyclic) bond motifs is 1. The largest absolute Gasteiger partial charge is 0.619 e. The van der Waals surface area contributed by atoms with Gasteiger partial charge in [-0.3, -0.25) is 9.78 Å². The first-order valence-electron chi connectivity index (χ1n) is 6.94. The molecule has 3 rings (SSSR count). The van der Waals surface area contributed by atoms with Crippen molar-refractivity contribution in [2.45, 2.75) is 20.0 Å². The summed E-state index contributed by atoms with van der Waals surface area (Å²) in [5.74, 6) is 0. The summed E-state index contributed by atoms with van der Waals surface area (Å²) in [6.45, 7) is 1.86. The molecule has 0 atom stereocenters. The average molecular weight is 315 g/mol. The lowest BCUT2D eigenvalue weighted by Gasteiger charge is -2.06. The predicted octanol–water partition coefficient (Wildman–Crippen LogP) is 0.651. The molecule has 118 valence electrons. The van der Waals surface area contributed by atoms with Crippen LogP contribution in [0.25, 0.3) is 11.1 Å². The molecule has 3 aromatic heterocycles. The van der Waals surface area contributed by atoms with Gasteiger partial charge in [-0.1, -0.05) is 6.92 Å². The number of hydrogen-bond acceptors (Lipinski definition) is 6. The minimum atomic E-state index is -0.575. The normalized spacial score (nSPS) is 10.8. The maximum absolute atomic E-state index is 12.2. The average Bonchev–Trinajstić information content (AvgIpc) is 2.51. The SMILES string of the molecule is CCc1cc(=O)oc2nc(OCc3ccc[n+]([O-])c3)[nH]c(=O)c12. The van der Waals surface area contributed by atoms with Crippen LogP contribution in [0.15, 0.2) is 44.6 Å². The smallest absolute Gasteiger partial charge is 0.337 e. The second kappa shape index (κ2) is 5.91. The highest BCUT2D eigenvalue weighted by Crippen LogP contribution is 2.14. The molecule has 3 aromatic rings. The molecule has 0 aromatic carbocycles. The van der Waals surface area contributed by atoms with Crippen molar-refractivity contribution in [1.82, 2.24) is 9.97 Å².